The van der Waals surface area contributed by atoms with Gasteiger partial charge in [-0.3, -0.25) is 4.79 Å². The van der Waals surface area contributed by atoms with Gasteiger partial charge < -0.3 is 14.8 Å². The maximum absolute atomic E-state index is 12.4. The largest absolute Gasteiger partial charge is 0.495 e. The van der Waals surface area contributed by atoms with Gasteiger partial charge in [-0.15, -0.1) is 0 Å². The number of anilines is 2. The van der Waals surface area contributed by atoms with Crippen LogP contribution in [0.5, 0.6) is 5.75 Å². The number of ether oxygens (including phenoxy) is 1. The molecule has 138 valence electrons. The molecule has 0 atom stereocenters. The number of halogens is 2. The number of hydrogen-bond acceptors (Lipinski definition) is 4. The van der Waals surface area contributed by atoms with Gasteiger partial charge >= 0.3 is 0 Å². The van der Waals surface area contributed by atoms with Crippen molar-refractivity contribution in [3.63, 3.8) is 0 Å². The Kier molecular flexibility index (Phi) is 6.50. The van der Waals surface area contributed by atoms with Crippen molar-refractivity contribution in [2.45, 2.75) is 4.90 Å². The average molecular weight is 419 g/mol. The molecule has 0 unspecified atom stereocenters. The summed E-state index contributed by atoms with van der Waals surface area (Å²) in [5.41, 5.74) is 2.00. The standard InChI is InChI=1S/C20H16Cl2N2O2S/c1-26-17-7-3-2-6-16(17)23-20(25)13-9-11-14(12-10-13)24-27-18-8-4-5-15(21)19(18)22/h2-12,24H,1H3,(H,23,25). The molecule has 4 nitrogen and oxygen atoms in total. The minimum Gasteiger partial charge on any atom is -0.495 e. The molecular weight excluding hydrogens is 403 g/mol. The first-order valence-electron chi connectivity index (χ1n) is 8.00. The molecule has 0 saturated carbocycles. The first-order valence-corrected chi connectivity index (χ1v) is 9.57. The van der Waals surface area contributed by atoms with Crippen molar-refractivity contribution in [1.82, 2.24) is 0 Å². The first-order chi connectivity index (χ1) is 13.1. The highest BCUT2D eigenvalue weighted by Gasteiger charge is 2.10. The van der Waals surface area contributed by atoms with Crippen LogP contribution in [-0.4, -0.2) is 13.0 Å². The Bertz CT molecular complexity index is 949. The summed E-state index contributed by atoms with van der Waals surface area (Å²) in [6, 6.07) is 19.8. The zero-order valence-electron chi connectivity index (χ0n) is 14.3. The molecule has 3 aromatic rings. The molecule has 27 heavy (non-hydrogen) atoms. The Hall–Kier alpha value is -2.34. The summed E-state index contributed by atoms with van der Waals surface area (Å²) in [4.78, 5) is 13.3. The van der Waals surface area contributed by atoms with Crippen molar-refractivity contribution in [1.29, 1.82) is 0 Å². The van der Waals surface area contributed by atoms with Crippen LogP contribution < -0.4 is 14.8 Å². The lowest BCUT2D eigenvalue weighted by Gasteiger charge is -2.11. The highest BCUT2D eigenvalue weighted by Crippen LogP contribution is 2.33. The SMILES string of the molecule is COc1ccccc1NC(=O)c1ccc(NSc2cccc(Cl)c2Cl)cc1. The second-order valence-corrected chi connectivity index (χ2v) is 7.12. The molecule has 7 heteroatoms. The van der Waals surface area contributed by atoms with Crippen LogP contribution in [0.4, 0.5) is 11.4 Å². The summed E-state index contributed by atoms with van der Waals surface area (Å²) in [6.07, 6.45) is 0. The molecule has 0 aliphatic heterocycles. The van der Waals surface area contributed by atoms with Crippen molar-refractivity contribution in [2.24, 2.45) is 0 Å². The Labute approximate surface area is 172 Å². The highest BCUT2D eigenvalue weighted by atomic mass is 35.5. The third-order valence-corrected chi connectivity index (χ3v) is 5.53. The van der Waals surface area contributed by atoms with Gasteiger partial charge in [-0.1, -0.05) is 41.4 Å². The van der Waals surface area contributed by atoms with E-state index in [1.807, 2.05) is 36.4 Å². The number of amides is 1. The molecule has 0 heterocycles. The molecule has 3 aromatic carbocycles. The van der Waals surface area contributed by atoms with Gasteiger partial charge in [-0.05, 0) is 60.5 Å². The lowest BCUT2D eigenvalue weighted by molar-refractivity contribution is 0.102. The predicted octanol–water partition coefficient (Wildman–Crippen LogP) is 6.37. The van der Waals surface area contributed by atoms with Crippen molar-refractivity contribution < 1.29 is 9.53 Å². The van der Waals surface area contributed by atoms with Gasteiger partial charge in [-0.25, -0.2) is 0 Å². The van der Waals surface area contributed by atoms with E-state index in [0.717, 1.165) is 10.6 Å². The summed E-state index contributed by atoms with van der Waals surface area (Å²) < 4.78 is 8.43. The van der Waals surface area contributed by atoms with Gasteiger partial charge in [0.15, 0.2) is 0 Å². The predicted molar refractivity (Wildman–Crippen MR) is 113 cm³/mol. The Morgan fingerprint density at radius 1 is 0.963 bits per heavy atom. The Morgan fingerprint density at radius 3 is 2.44 bits per heavy atom. The van der Waals surface area contributed by atoms with E-state index in [9.17, 15) is 4.79 Å². The number of nitrogens with one attached hydrogen (secondary N) is 2. The molecular formula is C20H16Cl2N2O2S. The first kappa shape index (κ1) is 19.4. The van der Waals surface area contributed by atoms with Crippen molar-refractivity contribution >= 4 is 52.4 Å². The molecule has 0 aliphatic rings. The van der Waals surface area contributed by atoms with E-state index in [4.69, 9.17) is 27.9 Å². The van der Waals surface area contributed by atoms with Gasteiger partial charge in [0.25, 0.3) is 5.91 Å². The number of carbonyl (C=O) groups excluding carboxylic acids is 1. The van der Waals surface area contributed by atoms with E-state index in [2.05, 4.69) is 10.0 Å². The minimum absolute atomic E-state index is 0.211. The number of hydrogen-bond donors (Lipinski definition) is 2. The van der Waals surface area contributed by atoms with Gasteiger partial charge in [-0.2, -0.15) is 0 Å². The number of carbonyl (C=O) groups is 1. The topological polar surface area (TPSA) is 50.4 Å². The molecule has 0 radical (unpaired) electrons. The minimum atomic E-state index is -0.211. The third-order valence-electron chi connectivity index (χ3n) is 3.70. The molecule has 3 rings (SSSR count). The molecule has 0 spiro atoms. The molecule has 0 aromatic heterocycles. The summed E-state index contributed by atoms with van der Waals surface area (Å²) in [6.45, 7) is 0. The number of para-hydroxylation sites is 2. The van der Waals surface area contributed by atoms with Crippen LogP contribution in [-0.2, 0) is 0 Å². The monoisotopic (exact) mass is 418 g/mol. The maximum Gasteiger partial charge on any atom is 0.255 e. The quantitative estimate of drug-likeness (QED) is 0.456. The maximum atomic E-state index is 12.4. The third kappa shape index (κ3) is 4.89. The van der Waals surface area contributed by atoms with Crippen molar-refractivity contribution in [3.8, 4) is 5.75 Å². The number of methoxy groups -OCH3 is 1. The van der Waals surface area contributed by atoms with Crippen LogP contribution in [0.15, 0.2) is 71.6 Å². The van der Waals surface area contributed by atoms with Crippen LogP contribution in [0.1, 0.15) is 10.4 Å². The van der Waals surface area contributed by atoms with Gasteiger partial charge in [0, 0.05) is 16.1 Å². The van der Waals surface area contributed by atoms with E-state index in [0.29, 0.717) is 27.0 Å². The zero-order valence-corrected chi connectivity index (χ0v) is 16.7. The van der Waals surface area contributed by atoms with E-state index < -0.39 is 0 Å². The molecule has 0 saturated heterocycles. The second-order valence-electron chi connectivity index (χ2n) is 5.49. The van der Waals surface area contributed by atoms with Crippen LogP contribution in [0.25, 0.3) is 0 Å². The van der Waals surface area contributed by atoms with E-state index in [1.165, 1.54) is 11.9 Å². The second kappa shape index (κ2) is 9.04. The van der Waals surface area contributed by atoms with Crippen LogP contribution >= 0.6 is 35.1 Å². The zero-order chi connectivity index (χ0) is 19.2. The van der Waals surface area contributed by atoms with Crippen LogP contribution in [0, 0.1) is 0 Å². The fourth-order valence-corrected chi connectivity index (χ4v) is 3.49. The van der Waals surface area contributed by atoms with Gasteiger partial charge in [0.2, 0.25) is 0 Å². The summed E-state index contributed by atoms with van der Waals surface area (Å²) >= 11 is 13.5. The average Bonchev–Trinajstić information content (AvgIpc) is 2.70. The van der Waals surface area contributed by atoms with E-state index >= 15 is 0 Å². The lowest BCUT2D eigenvalue weighted by Crippen LogP contribution is -2.12. The van der Waals surface area contributed by atoms with Crippen LogP contribution in [0.2, 0.25) is 10.0 Å². The fourth-order valence-electron chi connectivity index (χ4n) is 2.31. The molecule has 0 bridgehead atoms. The smallest absolute Gasteiger partial charge is 0.255 e. The van der Waals surface area contributed by atoms with Crippen LogP contribution in [0.3, 0.4) is 0 Å². The Morgan fingerprint density at radius 2 is 1.70 bits per heavy atom. The van der Waals surface area contributed by atoms with Crippen molar-refractivity contribution in [2.75, 3.05) is 17.1 Å². The summed E-state index contributed by atoms with van der Waals surface area (Å²) in [5, 5.41) is 3.86. The Balaban J connectivity index is 1.64. The van der Waals surface area contributed by atoms with Gasteiger partial charge in [0.1, 0.15) is 5.75 Å². The summed E-state index contributed by atoms with van der Waals surface area (Å²) in [7, 11) is 1.56. The molecule has 0 aliphatic carbocycles. The number of rotatable bonds is 6. The molecule has 0 fully saturated rings. The van der Waals surface area contributed by atoms with Gasteiger partial charge in [0.05, 0.1) is 22.8 Å². The fraction of sp³-hybridized carbons (Fsp3) is 0.0500. The van der Waals surface area contributed by atoms with E-state index in [1.54, 1.807) is 37.4 Å². The van der Waals surface area contributed by atoms with Crippen molar-refractivity contribution in [3.05, 3.63) is 82.3 Å². The highest BCUT2D eigenvalue weighted by molar-refractivity contribution is 8.00. The molecule has 1 amide bonds. The normalized spacial score (nSPS) is 10.3. The lowest BCUT2D eigenvalue weighted by atomic mass is 10.2. The summed E-state index contributed by atoms with van der Waals surface area (Å²) in [5.74, 6) is 0.399. The number of benzene rings is 3. The van der Waals surface area contributed by atoms with E-state index in [-0.39, 0.29) is 5.91 Å². The molecule has 2 N–H and O–H groups in total.